The zero-order chi connectivity index (χ0) is 25.6. The zero-order valence-electron chi connectivity index (χ0n) is 19.3. The van der Waals surface area contributed by atoms with E-state index in [0.29, 0.717) is 26.4 Å². The first-order valence-electron chi connectivity index (χ1n) is 11.2. The highest BCUT2D eigenvalue weighted by Gasteiger charge is 2.56. The van der Waals surface area contributed by atoms with Crippen molar-refractivity contribution in [3.05, 3.63) is 73.7 Å². The Labute approximate surface area is 219 Å². The average molecular weight is 545 g/mol. The van der Waals surface area contributed by atoms with Gasteiger partial charge in [-0.2, -0.15) is 0 Å². The van der Waals surface area contributed by atoms with Crippen LogP contribution >= 0.6 is 34.7 Å². The quantitative estimate of drug-likeness (QED) is 0.343. The summed E-state index contributed by atoms with van der Waals surface area (Å²) in [5.41, 5.74) is 1.21. The molecule has 11 heteroatoms. The van der Waals surface area contributed by atoms with Gasteiger partial charge in [-0.25, -0.2) is 4.90 Å². The number of nitrogens with zero attached hydrogens (tertiary/aromatic N) is 2. The van der Waals surface area contributed by atoms with Crippen molar-refractivity contribution in [2.45, 2.75) is 29.7 Å². The highest BCUT2D eigenvalue weighted by molar-refractivity contribution is 8.00. The topological polar surface area (TPSA) is 94.9 Å². The number of ether oxygens (including phenoxy) is 2. The van der Waals surface area contributed by atoms with E-state index >= 15 is 0 Å². The van der Waals surface area contributed by atoms with Crippen molar-refractivity contribution in [2.75, 3.05) is 18.6 Å². The molecule has 186 valence electrons. The van der Waals surface area contributed by atoms with E-state index in [-0.39, 0.29) is 29.8 Å². The Morgan fingerprint density at radius 3 is 2.36 bits per heavy atom. The second kappa shape index (κ2) is 9.76. The molecule has 0 aliphatic carbocycles. The molecule has 5 rings (SSSR count). The maximum absolute atomic E-state index is 13.8. The van der Waals surface area contributed by atoms with Crippen LogP contribution in [0.15, 0.2) is 58.4 Å². The number of carbonyl (C=O) groups excluding carboxylic acids is 3. The number of aromatic nitrogens is 1. The number of thiazole rings is 1. The van der Waals surface area contributed by atoms with Crippen molar-refractivity contribution in [3.8, 4) is 5.75 Å². The van der Waals surface area contributed by atoms with E-state index in [4.69, 9.17) is 21.1 Å². The summed E-state index contributed by atoms with van der Waals surface area (Å²) in [6.07, 6.45) is 0. The molecule has 36 heavy (non-hydrogen) atoms. The molecule has 3 unspecified atom stereocenters. The number of rotatable bonds is 6. The van der Waals surface area contributed by atoms with Gasteiger partial charge in [-0.05, 0) is 48.9 Å². The third kappa shape index (κ3) is 4.12. The van der Waals surface area contributed by atoms with Gasteiger partial charge in [0.1, 0.15) is 17.5 Å². The maximum Gasteiger partial charge on any atom is 0.326 e. The molecule has 2 aliphatic rings. The number of esters is 1. The molecule has 1 saturated heterocycles. The van der Waals surface area contributed by atoms with Crippen molar-refractivity contribution in [2.24, 2.45) is 5.92 Å². The largest absolute Gasteiger partial charge is 0.497 e. The van der Waals surface area contributed by atoms with Crippen molar-refractivity contribution in [1.29, 1.82) is 0 Å². The van der Waals surface area contributed by atoms with E-state index < -0.39 is 23.1 Å². The van der Waals surface area contributed by atoms with Gasteiger partial charge in [-0.3, -0.25) is 23.7 Å². The van der Waals surface area contributed by atoms with Gasteiger partial charge in [0.15, 0.2) is 0 Å². The lowest BCUT2D eigenvalue weighted by molar-refractivity contribution is -0.144. The smallest absolute Gasteiger partial charge is 0.326 e. The minimum atomic E-state index is -0.768. The fourth-order valence-corrected chi connectivity index (χ4v) is 7.51. The minimum Gasteiger partial charge on any atom is -0.497 e. The lowest BCUT2D eigenvalue weighted by Crippen LogP contribution is -2.32. The van der Waals surface area contributed by atoms with Gasteiger partial charge in [0.25, 0.3) is 0 Å². The van der Waals surface area contributed by atoms with E-state index in [1.807, 2.05) is 12.1 Å². The number of benzene rings is 2. The molecular weight excluding hydrogens is 524 g/mol. The number of methoxy groups -OCH3 is 1. The van der Waals surface area contributed by atoms with E-state index in [2.05, 4.69) is 0 Å². The highest BCUT2D eigenvalue weighted by Crippen LogP contribution is 2.54. The summed E-state index contributed by atoms with van der Waals surface area (Å²) in [5.74, 6) is -1.89. The Hall–Kier alpha value is -3.08. The Balaban J connectivity index is 1.63. The van der Waals surface area contributed by atoms with Crippen molar-refractivity contribution in [1.82, 2.24) is 4.57 Å². The molecule has 2 amide bonds. The molecule has 0 radical (unpaired) electrons. The predicted molar refractivity (Wildman–Crippen MR) is 137 cm³/mol. The molecule has 2 aliphatic heterocycles. The fourth-order valence-electron chi connectivity index (χ4n) is 4.61. The number of hydrogen-bond donors (Lipinski definition) is 0. The van der Waals surface area contributed by atoms with Gasteiger partial charge in [0.2, 0.25) is 11.8 Å². The second-order valence-corrected chi connectivity index (χ2v) is 10.8. The number of hydrogen-bond acceptors (Lipinski definition) is 8. The average Bonchev–Trinajstić information content (AvgIpc) is 3.31. The number of carbonyl (C=O) groups is 3. The van der Waals surface area contributed by atoms with Crippen LogP contribution < -0.4 is 14.5 Å². The molecule has 0 saturated carbocycles. The maximum atomic E-state index is 13.8. The van der Waals surface area contributed by atoms with Crippen LogP contribution in [-0.4, -0.2) is 41.3 Å². The number of halogens is 1. The second-order valence-electron chi connectivity index (χ2n) is 8.23. The number of imide groups is 1. The lowest BCUT2D eigenvalue weighted by atomic mass is 9.83. The Kier molecular flexibility index (Phi) is 6.67. The van der Waals surface area contributed by atoms with Gasteiger partial charge in [0.05, 0.1) is 30.3 Å². The number of thioether (sulfide) groups is 1. The molecule has 3 atom stereocenters. The Bertz CT molecular complexity index is 1400. The van der Waals surface area contributed by atoms with Gasteiger partial charge >= 0.3 is 10.8 Å². The highest BCUT2D eigenvalue weighted by atomic mass is 35.5. The van der Waals surface area contributed by atoms with Crippen molar-refractivity contribution >= 4 is 58.2 Å². The molecule has 2 aromatic carbocycles. The lowest BCUT2D eigenvalue weighted by Gasteiger charge is -2.30. The monoisotopic (exact) mass is 544 g/mol. The summed E-state index contributed by atoms with van der Waals surface area (Å²) < 4.78 is 11.7. The molecule has 3 aromatic rings. The van der Waals surface area contributed by atoms with E-state index in [0.717, 1.165) is 28.7 Å². The van der Waals surface area contributed by atoms with Crippen LogP contribution in [0, 0.1) is 5.92 Å². The summed E-state index contributed by atoms with van der Waals surface area (Å²) >= 11 is 8.16. The first kappa shape index (κ1) is 24.6. The van der Waals surface area contributed by atoms with Crippen molar-refractivity contribution < 1.29 is 23.9 Å². The number of amides is 2. The van der Waals surface area contributed by atoms with Gasteiger partial charge in [-0.1, -0.05) is 46.8 Å². The van der Waals surface area contributed by atoms with Gasteiger partial charge in [0, 0.05) is 15.8 Å². The fraction of sp³-hybridized carbons (Fsp3) is 0.280. The first-order chi connectivity index (χ1) is 17.3. The van der Waals surface area contributed by atoms with Crippen molar-refractivity contribution in [3.63, 3.8) is 0 Å². The summed E-state index contributed by atoms with van der Waals surface area (Å²) in [7, 11) is 1.56. The van der Waals surface area contributed by atoms with E-state index in [1.54, 1.807) is 50.4 Å². The predicted octanol–water partition coefficient (Wildman–Crippen LogP) is 3.93. The molecule has 1 aromatic heterocycles. The third-order valence-electron chi connectivity index (χ3n) is 6.20. The summed E-state index contributed by atoms with van der Waals surface area (Å²) in [6.45, 7) is 1.62. The molecular formula is C25H21ClN2O6S2. The van der Waals surface area contributed by atoms with Crippen LogP contribution in [-0.2, 0) is 25.7 Å². The van der Waals surface area contributed by atoms with Crippen LogP contribution in [0.2, 0.25) is 5.02 Å². The van der Waals surface area contributed by atoms with E-state index in [9.17, 15) is 19.2 Å². The Morgan fingerprint density at radius 2 is 1.72 bits per heavy atom. The zero-order valence-corrected chi connectivity index (χ0v) is 21.7. The number of anilines is 1. The Morgan fingerprint density at radius 1 is 1.03 bits per heavy atom. The van der Waals surface area contributed by atoms with Gasteiger partial charge in [-0.15, -0.1) is 0 Å². The van der Waals surface area contributed by atoms with Crippen LogP contribution in [0.25, 0.3) is 0 Å². The number of fused-ring (bicyclic) bond motifs is 2. The molecule has 0 bridgehead atoms. The molecule has 0 spiro atoms. The first-order valence-corrected chi connectivity index (χ1v) is 13.2. The van der Waals surface area contributed by atoms with E-state index in [1.165, 1.54) is 9.47 Å². The van der Waals surface area contributed by atoms with Gasteiger partial charge < -0.3 is 9.47 Å². The molecule has 8 nitrogen and oxygen atoms in total. The van der Waals surface area contributed by atoms with Crippen LogP contribution in [0.3, 0.4) is 0 Å². The summed E-state index contributed by atoms with van der Waals surface area (Å²) in [6, 6.07) is 13.8. The molecule has 1 fully saturated rings. The minimum absolute atomic E-state index is 0.190. The normalized spacial score (nSPS) is 20.8. The van der Waals surface area contributed by atoms with Crippen LogP contribution in [0.5, 0.6) is 5.75 Å². The molecule has 3 heterocycles. The standard InChI is InChI=1S/C25H21ClN2O6S2/c1-3-34-17(29)12-27-24-21(36-25(27)32)18(13-4-10-16(33-2)11-5-13)19-20(35-24)23(31)28(22(19)30)15-8-6-14(26)7-9-15/h4-11,18-20H,3,12H2,1-2H3. The van der Waals surface area contributed by atoms with Crippen LogP contribution in [0.1, 0.15) is 23.3 Å². The summed E-state index contributed by atoms with van der Waals surface area (Å²) in [5, 5.41) is 0.236. The summed E-state index contributed by atoms with van der Waals surface area (Å²) in [4.78, 5) is 54.1. The third-order valence-corrected chi connectivity index (χ3v) is 9.06. The van der Waals surface area contributed by atoms with Crippen LogP contribution in [0.4, 0.5) is 5.69 Å². The SMILES string of the molecule is CCOC(=O)Cn1c2c(sc1=O)C(c1ccc(OC)cc1)C1C(=O)N(c3ccc(Cl)cc3)C(=O)C1S2. The molecule has 0 N–H and O–H groups in total.